The van der Waals surface area contributed by atoms with Crippen molar-refractivity contribution in [3.8, 4) is 5.75 Å². The summed E-state index contributed by atoms with van der Waals surface area (Å²) in [7, 11) is 1.33. The molecule has 0 unspecified atom stereocenters. The fourth-order valence-corrected chi connectivity index (χ4v) is 2.36. The second kappa shape index (κ2) is 8.85. The maximum atomic E-state index is 12.2. The summed E-state index contributed by atoms with van der Waals surface area (Å²) in [6.45, 7) is 5.74. The van der Waals surface area contributed by atoms with E-state index < -0.39 is 5.97 Å². The molecule has 2 aromatic rings. The Labute approximate surface area is 153 Å². The van der Waals surface area contributed by atoms with Gasteiger partial charge in [0.2, 0.25) is 5.91 Å². The van der Waals surface area contributed by atoms with Crippen LogP contribution in [0.15, 0.2) is 48.5 Å². The summed E-state index contributed by atoms with van der Waals surface area (Å²) in [6, 6.07) is 12.5. The van der Waals surface area contributed by atoms with Crippen molar-refractivity contribution < 1.29 is 19.1 Å². The highest BCUT2D eigenvalue weighted by atomic mass is 16.5. The van der Waals surface area contributed by atoms with Gasteiger partial charge in [-0.05, 0) is 68.3 Å². The molecule has 5 heteroatoms. The third kappa shape index (κ3) is 5.48. The van der Waals surface area contributed by atoms with E-state index in [1.54, 1.807) is 24.3 Å². The molecule has 0 saturated heterocycles. The van der Waals surface area contributed by atoms with E-state index in [4.69, 9.17) is 4.74 Å². The minimum atomic E-state index is -0.408. The quantitative estimate of drug-likeness (QED) is 0.624. The van der Waals surface area contributed by atoms with E-state index in [0.717, 1.165) is 16.9 Å². The number of aryl methyl sites for hydroxylation is 1. The summed E-state index contributed by atoms with van der Waals surface area (Å²) >= 11 is 0. The zero-order valence-corrected chi connectivity index (χ0v) is 15.4. The molecule has 5 nitrogen and oxygen atoms in total. The van der Waals surface area contributed by atoms with Gasteiger partial charge < -0.3 is 14.8 Å². The number of methoxy groups -OCH3 is 1. The maximum Gasteiger partial charge on any atom is 0.337 e. The molecule has 0 aliphatic rings. The molecule has 0 radical (unpaired) electrons. The van der Waals surface area contributed by atoms with Crippen LogP contribution in [-0.2, 0) is 9.53 Å². The van der Waals surface area contributed by atoms with E-state index in [9.17, 15) is 9.59 Å². The van der Waals surface area contributed by atoms with Crippen molar-refractivity contribution in [3.05, 3.63) is 65.2 Å². The molecule has 136 valence electrons. The maximum absolute atomic E-state index is 12.2. The first-order chi connectivity index (χ1) is 12.4. The van der Waals surface area contributed by atoms with Gasteiger partial charge in [-0.25, -0.2) is 4.79 Å². The van der Waals surface area contributed by atoms with E-state index in [-0.39, 0.29) is 12.0 Å². The monoisotopic (exact) mass is 353 g/mol. The number of amides is 1. The number of carbonyl (C=O) groups excluding carboxylic acids is 2. The van der Waals surface area contributed by atoms with Gasteiger partial charge in [-0.2, -0.15) is 0 Å². The number of carbonyl (C=O) groups is 2. The van der Waals surface area contributed by atoms with Gasteiger partial charge in [0.1, 0.15) is 5.75 Å². The predicted molar refractivity (Wildman–Crippen MR) is 102 cm³/mol. The Morgan fingerprint density at radius 3 is 2.54 bits per heavy atom. The average Bonchev–Trinajstić information content (AvgIpc) is 2.60. The van der Waals surface area contributed by atoms with Crippen molar-refractivity contribution >= 4 is 23.6 Å². The van der Waals surface area contributed by atoms with Crippen LogP contribution in [0.5, 0.6) is 5.75 Å². The molecule has 0 spiro atoms. The lowest BCUT2D eigenvalue weighted by atomic mass is 10.1. The summed E-state index contributed by atoms with van der Waals surface area (Å²) < 4.78 is 10.3. The van der Waals surface area contributed by atoms with Crippen LogP contribution in [0, 0.1) is 6.92 Å². The predicted octanol–water partition coefficient (Wildman–Crippen LogP) is 4.22. The summed E-state index contributed by atoms with van der Waals surface area (Å²) in [5.74, 6) is 0.0975. The summed E-state index contributed by atoms with van der Waals surface area (Å²) in [4.78, 5) is 23.7. The number of hydrogen-bond donors (Lipinski definition) is 1. The van der Waals surface area contributed by atoms with Crippen molar-refractivity contribution in [2.24, 2.45) is 0 Å². The summed E-state index contributed by atoms with van der Waals surface area (Å²) in [5.41, 5.74) is 2.74. The van der Waals surface area contributed by atoms with Crippen LogP contribution >= 0.6 is 0 Å². The van der Waals surface area contributed by atoms with E-state index in [0.29, 0.717) is 11.3 Å². The van der Waals surface area contributed by atoms with Crippen molar-refractivity contribution in [2.75, 3.05) is 12.4 Å². The number of anilines is 1. The molecule has 0 aliphatic carbocycles. The molecule has 2 aromatic carbocycles. The highest BCUT2D eigenvalue weighted by Gasteiger charge is 2.08. The molecule has 0 atom stereocenters. The number of ether oxygens (including phenoxy) is 2. The second-order valence-corrected chi connectivity index (χ2v) is 6.08. The van der Waals surface area contributed by atoms with Crippen molar-refractivity contribution in [1.82, 2.24) is 0 Å². The van der Waals surface area contributed by atoms with Gasteiger partial charge in [0.25, 0.3) is 0 Å². The van der Waals surface area contributed by atoms with Gasteiger partial charge in [0.15, 0.2) is 0 Å². The average molecular weight is 353 g/mol. The molecule has 0 saturated carbocycles. The Hall–Kier alpha value is -3.08. The van der Waals surface area contributed by atoms with Gasteiger partial charge in [0.05, 0.1) is 18.8 Å². The molecule has 2 rings (SSSR count). The fraction of sp³-hybridized carbons (Fsp3) is 0.238. The molecule has 0 bridgehead atoms. The fourth-order valence-electron chi connectivity index (χ4n) is 2.36. The van der Waals surface area contributed by atoms with Crippen LogP contribution < -0.4 is 10.1 Å². The minimum absolute atomic E-state index is 0.0912. The first kappa shape index (κ1) is 19.2. The molecular weight excluding hydrogens is 330 g/mol. The van der Waals surface area contributed by atoms with Crippen LogP contribution in [0.25, 0.3) is 6.08 Å². The second-order valence-electron chi connectivity index (χ2n) is 6.08. The number of hydrogen-bond acceptors (Lipinski definition) is 4. The van der Waals surface area contributed by atoms with Crippen LogP contribution in [-0.4, -0.2) is 25.1 Å². The van der Waals surface area contributed by atoms with Gasteiger partial charge >= 0.3 is 5.97 Å². The van der Waals surface area contributed by atoms with Gasteiger partial charge in [-0.3, -0.25) is 4.79 Å². The molecule has 1 amide bonds. The number of rotatable bonds is 6. The highest BCUT2D eigenvalue weighted by molar-refractivity contribution is 6.02. The van der Waals surface area contributed by atoms with Crippen molar-refractivity contribution in [3.63, 3.8) is 0 Å². The normalized spacial score (nSPS) is 10.8. The number of benzene rings is 2. The third-order valence-electron chi connectivity index (χ3n) is 3.56. The molecular formula is C21H23NO4. The first-order valence-corrected chi connectivity index (χ1v) is 8.34. The molecule has 0 aromatic heterocycles. The van der Waals surface area contributed by atoms with Gasteiger partial charge in [-0.15, -0.1) is 0 Å². The van der Waals surface area contributed by atoms with Crippen LogP contribution in [0.2, 0.25) is 0 Å². The lowest BCUT2D eigenvalue weighted by molar-refractivity contribution is -0.111. The first-order valence-electron chi connectivity index (χ1n) is 8.34. The standard InChI is InChI=1S/C21H23NO4/c1-14(2)26-18-7-5-6-16(13-18)8-11-20(23)22-19-10-9-17(12-15(19)3)21(24)25-4/h5-14H,1-4H3,(H,22,23)/b11-8+. The molecule has 0 heterocycles. The third-order valence-corrected chi connectivity index (χ3v) is 3.56. The SMILES string of the molecule is COC(=O)c1ccc(NC(=O)/C=C/c2cccc(OC(C)C)c2)c(C)c1. The summed E-state index contributed by atoms with van der Waals surface area (Å²) in [5, 5.41) is 2.80. The Bertz CT molecular complexity index is 825. The van der Waals surface area contributed by atoms with Crippen LogP contribution in [0.1, 0.15) is 35.3 Å². The Kier molecular flexibility index (Phi) is 6.55. The molecule has 0 fully saturated rings. The number of esters is 1. The zero-order chi connectivity index (χ0) is 19.1. The topological polar surface area (TPSA) is 64.6 Å². The Morgan fingerprint density at radius 1 is 1.12 bits per heavy atom. The molecule has 0 aliphatic heterocycles. The van der Waals surface area contributed by atoms with E-state index in [1.807, 2.05) is 45.0 Å². The highest BCUT2D eigenvalue weighted by Crippen LogP contribution is 2.18. The van der Waals surface area contributed by atoms with Crippen LogP contribution in [0.3, 0.4) is 0 Å². The molecule has 26 heavy (non-hydrogen) atoms. The Balaban J connectivity index is 2.04. The minimum Gasteiger partial charge on any atom is -0.491 e. The van der Waals surface area contributed by atoms with E-state index >= 15 is 0 Å². The largest absolute Gasteiger partial charge is 0.491 e. The lowest BCUT2D eigenvalue weighted by Gasteiger charge is -2.10. The molecule has 1 N–H and O–H groups in total. The lowest BCUT2D eigenvalue weighted by Crippen LogP contribution is -2.10. The van der Waals surface area contributed by atoms with Gasteiger partial charge in [0, 0.05) is 11.8 Å². The van der Waals surface area contributed by atoms with Crippen molar-refractivity contribution in [2.45, 2.75) is 26.9 Å². The smallest absolute Gasteiger partial charge is 0.337 e. The summed E-state index contributed by atoms with van der Waals surface area (Å²) in [6.07, 6.45) is 3.27. The number of nitrogens with one attached hydrogen (secondary N) is 1. The van der Waals surface area contributed by atoms with Crippen molar-refractivity contribution in [1.29, 1.82) is 0 Å². The van der Waals surface area contributed by atoms with Gasteiger partial charge in [-0.1, -0.05) is 12.1 Å². The Morgan fingerprint density at radius 2 is 1.88 bits per heavy atom. The van der Waals surface area contributed by atoms with E-state index in [2.05, 4.69) is 10.1 Å². The zero-order valence-electron chi connectivity index (χ0n) is 15.4. The van der Waals surface area contributed by atoms with E-state index in [1.165, 1.54) is 13.2 Å². The van der Waals surface area contributed by atoms with Crippen LogP contribution in [0.4, 0.5) is 5.69 Å².